The fourth-order valence-electron chi connectivity index (χ4n) is 1.55. The molecule has 3 nitrogen and oxygen atoms in total. The van der Waals surface area contributed by atoms with E-state index in [0.29, 0.717) is 6.61 Å². The van der Waals surface area contributed by atoms with E-state index in [1.165, 1.54) is 0 Å². The highest BCUT2D eigenvalue weighted by Crippen LogP contribution is 2.23. The maximum absolute atomic E-state index is 9.27. The summed E-state index contributed by atoms with van der Waals surface area (Å²) < 4.78 is 5.62. The summed E-state index contributed by atoms with van der Waals surface area (Å²) in [5.41, 5.74) is 1.87. The lowest BCUT2D eigenvalue weighted by Gasteiger charge is -2.09. The predicted octanol–water partition coefficient (Wildman–Crippen LogP) is 2.99. The Morgan fingerprint density at radius 1 is 0.941 bits per heavy atom. The van der Waals surface area contributed by atoms with Crippen molar-refractivity contribution < 1.29 is 14.9 Å². The number of hydrogen-bond donors (Lipinski definition) is 2. The first-order valence-electron chi connectivity index (χ1n) is 5.35. The first-order valence-corrected chi connectivity index (χ1v) is 5.35. The molecule has 17 heavy (non-hydrogen) atoms. The minimum Gasteiger partial charge on any atom is -0.508 e. The van der Waals surface area contributed by atoms with Crippen molar-refractivity contribution in [1.29, 1.82) is 0 Å². The van der Waals surface area contributed by atoms with Gasteiger partial charge in [-0.1, -0.05) is 12.1 Å². The standard InChI is InChI=1S/C14H14O3/c1-10-8-13(16)6-7-14(10)17-9-11-2-4-12(15)5-3-11/h2-8,15-16H,9H2,1H3. The lowest BCUT2D eigenvalue weighted by molar-refractivity contribution is 0.303. The number of benzene rings is 2. The van der Waals surface area contributed by atoms with Gasteiger partial charge in [0.15, 0.2) is 0 Å². The normalized spacial score (nSPS) is 10.2. The van der Waals surface area contributed by atoms with Gasteiger partial charge in [0.05, 0.1) is 0 Å². The summed E-state index contributed by atoms with van der Waals surface area (Å²) in [7, 11) is 0. The van der Waals surface area contributed by atoms with E-state index < -0.39 is 0 Å². The van der Waals surface area contributed by atoms with Gasteiger partial charge >= 0.3 is 0 Å². The van der Waals surface area contributed by atoms with Crippen LogP contribution in [0.1, 0.15) is 11.1 Å². The molecule has 0 spiro atoms. The fraction of sp³-hybridized carbons (Fsp3) is 0.143. The lowest BCUT2D eigenvalue weighted by atomic mass is 10.2. The first kappa shape index (κ1) is 11.3. The van der Waals surface area contributed by atoms with Crippen LogP contribution in [0.3, 0.4) is 0 Å². The first-order chi connectivity index (χ1) is 8.15. The molecule has 2 aromatic carbocycles. The van der Waals surface area contributed by atoms with Crippen LogP contribution in [0, 0.1) is 6.92 Å². The number of aryl methyl sites for hydroxylation is 1. The Labute approximate surface area is 99.9 Å². The van der Waals surface area contributed by atoms with Crippen molar-refractivity contribution in [2.45, 2.75) is 13.5 Å². The van der Waals surface area contributed by atoms with Crippen LogP contribution in [0.15, 0.2) is 42.5 Å². The second-order valence-electron chi connectivity index (χ2n) is 3.90. The smallest absolute Gasteiger partial charge is 0.122 e. The van der Waals surface area contributed by atoms with E-state index in [1.54, 1.807) is 30.3 Å². The molecule has 0 aliphatic rings. The number of ether oxygens (including phenoxy) is 1. The van der Waals surface area contributed by atoms with Gasteiger partial charge in [-0.3, -0.25) is 0 Å². The number of hydrogen-bond acceptors (Lipinski definition) is 3. The molecule has 0 saturated heterocycles. The highest BCUT2D eigenvalue weighted by molar-refractivity contribution is 5.38. The van der Waals surface area contributed by atoms with Gasteiger partial charge in [0.25, 0.3) is 0 Å². The van der Waals surface area contributed by atoms with Gasteiger partial charge < -0.3 is 14.9 Å². The summed E-state index contributed by atoms with van der Waals surface area (Å²) in [5, 5.41) is 18.4. The molecule has 2 N–H and O–H groups in total. The molecule has 0 aliphatic heterocycles. The fourth-order valence-corrected chi connectivity index (χ4v) is 1.55. The Morgan fingerprint density at radius 3 is 2.24 bits per heavy atom. The summed E-state index contributed by atoms with van der Waals surface area (Å²) in [5.74, 6) is 1.23. The Hall–Kier alpha value is -2.16. The zero-order valence-electron chi connectivity index (χ0n) is 9.55. The Bertz CT molecular complexity index is 503. The van der Waals surface area contributed by atoms with Crippen LogP contribution in [0.4, 0.5) is 0 Å². The minimum absolute atomic E-state index is 0.236. The molecule has 0 heterocycles. The van der Waals surface area contributed by atoms with Crippen LogP contribution < -0.4 is 4.74 Å². The molecule has 0 radical (unpaired) electrons. The van der Waals surface area contributed by atoms with Gasteiger partial charge in [-0.25, -0.2) is 0 Å². The summed E-state index contributed by atoms with van der Waals surface area (Å²) in [4.78, 5) is 0. The maximum atomic E-state index is 9.27. The second kappa shape index (κ2) is 4.78. The van der Waals surface area contributed by atoms with Crippen LogP contribution in [-0.2, 0) is 6.61 Å². The highest BCUT2D eigenvalue weighted by Gasteiger charge is 2.01. The summed E-state index contributed by atoms with van der Waals surface area (Å²) in [6.07, 6.45) is 0. The monoisotopic (exact) mass is 230 g/mol. The molecule has 0 unspecified atom stereocenters. The molecular formula is C14H14O3. The predicted molar refractivity (Wildman–Crippen MR) is 65.3 cm³/mol. The third-order valence-corrected chi connectivity index (χ3v) is 2.49. The molecule has 88 valence electrons. The van der Waals surface area contributed by atoms with Gasteiger partial charge in [0.1, 0.15) is 23.9 Å². The molecule has 0 bridgehead atoms. The van der Waals surface area contributed by atoms with E-state index in [4.69, 9.17) is 9.84 Å². The third kappa shape index (κ3) is 2.91. The topological polar surface area (TPSA) is 49.7 Å². The van der Waals surface area contributed by atoms with E-state index in [2.05, 4.69) is 0 Å². The van der Waals surface area contributed by atoms with Crippen LogP contribution >= 0.6 is 0 Å². The highest BCUT2D eigenvalue weighted by atomic mass is 16.5. The quantitative estimate of drug-likeness (QED) is 0.852. The van der Waals surface area contributed by atoms with E-state index in [0.717, 1.165) is 16.9 Å². The van der Waals surface area contributed by atoms with Crippen molar-refractivity contribution in [3.63, 3.8) is 0 Å². The number of rotatable bonds is 3. The zero-order valence-corrected chi connectivity index (χ0v) is 9.55. The van der Waals surface area contributed by atoms with Crippen molar-refractivity contribution in [2.75, 3.05) is 0 Å². The Kier molecular flexibility index (Phi) is 3.19. The van der Waals surface area contributed by atoms with E-state index in [-0.39, 0.29) is 11.5 Å². The second-order valence-corrected chi connectivity index (χ2v) is 3.90. The van der Waals surface area contributed by atoms with Crippen LogP contribution in [0.2, 0.25) is 0 Å². The molecule has 0 aromatic heterocycles. The van der Waals surface area contributed by atoms with Gasteiger partial charge in [-0.2, -0.15) is 0 Å². The molecule has 2 aromatic rings. The van der Waals surface area contributed by atoms with Gasteiger partial charge in [0.2, 0.25) is 0 Å². The van der Waals surface area contributed by atoms with E-state index in [9.17, 15) is 5.11 Å². The Balaban J connectivity index is 2.04. The molecular weight excluding hydrogens is 216 g/mol. The van der Waals surface area contributed by atoms with Gasteiger partial charge in [-0.15, -0.1) is 0 Å². The molecule has 0 aliphatic carbocycles. The third-order valence-electron chi connectivity index (χ3n) is 2.49. The number of phenols is 2. The average molecular weight is 230 g/mol. The van der Waals surface area contributed by atoms with Crippen molar-refractivity contribution in [2.24, 2.45) is 0 Å². The van der Waals surface area contributed by atoms with Crippen molar-refractivity contribution in [3.8, 4) is 17.2 Å². The zero-order chi connectivity index (χ0) is 12.3. The largest absolute Gasteiger partial charge is 0.508 e. The van der Waals surface area contributed by atoms with E-state index in [1.807, 2.05) is 19.1 Å². The lowest BCUT2D eigenvalue weighted by Crippen LogP contribution is -1.96. The van der Waals surface area contributed by atoms with Gasteiger partial charge in [0, 0.05) is 0 Å². The maximum Gasteiger partial charge on any atom is 0.122 e. The summed E-state index contributed by atoms with van der Waals surface area (Å²) in [6, 6.07) is 11.9. The van der Waals surface area contributed by atoms with Crippen LogP contribution in [0.5, 0.6) is 17.2 Å². The Morgan fingerprint density at radius 2 is 1.59 bits per heavy atom. The number of aromatic hydroxyl groups is 2. The molecule has 2 rings (SSSR count). The average Bonchev–Trinajstić information content (AvgIpc) is 2.30. The summed E-state index contributed by atoms with van der Waals surface area (Å²) in [6.45, 7) is 2.32. The molecule has 0 amide bonds. The molecule has 0 fully saturated rings. The van der Waals surface area contributed by atoms with Gasteiger partial charge in [-0.05, 0) is 48.4 Å². The molecule has 0 atom stereocenters. The minimum atomic E-state index is 0.236. The molecule has 3 heteroatoms. The van der Waals surface area contributed by atoms with Crippen molar-refractivity contribution in [3.05, 3.63) is 53.6 Å². The molecule has 0 saturated carbocycles. The van der Waals surface area contributed by atoms with E-state index >= 15 is 0 Å². The summed E-state index contributed by atoms with van der Waals surface area (Å²) >= 11 is 0. The van der Waals surface area contributed by atoms with Crippen LogP contribution in [-0.4, -0.2) is 10.2 Å². The number of phenolic OH excluding ortho intramolecular Hbond substituents is 2. The SMILES string of the molecule is Cc1cc(O)ccc1OCc1ccc(O)cc1. The van der Waals surface area contributed by atoms with Crippen molar-refractivity contribution in [1.82, 2.24) is 0 Å². The van der Waals surface area contributed by atoms with Crippen molar-refractivity contribution >= 4 is 0 Å². The van der Waals surface area contributed by atoms with Crippen LogP contribution in [0.25, 0.3) is 0 Å².